The third kappa shape index (κ3) is 2.80. The predicted octanol–water partition coefficient (Wildman–Crippen LogP) is 5.02. The number of hydrogen-bond donors (Lipinski definition) is 0. The molecule has 1 aromatic heterocycles. The quantitative estimate of drug-likeness (QED) is 0.726. The molecule has 1 heterocycles. The van der Waals surface area contributed by atoms with Gasteiger partial charge >= 0.3 is 5.92 Å². The van der Waals surface area contributed by atoms with E-state index >= 15 is 0 Å². The number of Topliss-reactive ketones (excluding diaryl/α,β-unsaturated/α-hetero) is 1. The number of carbonyl (C=O) groups excluding carboxylic acids is 1. The first-order valence-corrected chi connectivity index (χ1v) is 7.18. The highest BCUT2D eigenvalue weighted by Crippen LogP contribution is 2.35. The lowest BCUT2D eigenvalue weighted by Crippen LogP contribution is -2.25. The van der Waals surface area contributed by atoms with Crippen molar-refractivity contribution in [1.82, 2.24) is 0 Å². The Morgan fingerprint density at radius 3 is 2.10 bits per heavy atom. The zero-order chi connectivity index (χ0) is 15.0. The average Bonchev–Trinajstić information content (AvgIpc) is 2.91. The fourth-order valence-corrected chi connectivity index (χ4v) is 2.57. The fourth-order valence-electron chi connectivity index (χ4n) is 1.87. The lowest BCUT2D eigenvalue weighted by Gasteiger charge is -2.19. The molecule has 4 heteroatoms. The highest BCUT2D eigenvalue weighted by Gasteiger charge is 2.42. The minimum atomic E-state index is -3.46. The summed E-state index contributed by atoms with van der Waals surface area (Å²) >= 11 is 0.889. The second kappa shape index (κ2) is 5.09. The zero-order valence-electron chi connectivity index (χ0n) is 11.6. The minimum absolute atomic E-state index is 0.0383. The van der Waals surface area contributed by atoms with Crippen molar-refractivity contribution < 1.29 is 13.6 Å². The Bertz CT molecular complexity index is 592. The highest BCUT2D eigenvalue weighted by molar-refractivity contribution is 7.10. The van der Waals surface area contributed by atoms with Gasteiger partial charge in [0.1, 0.15) is 0 Å². The summed E-state index contributed by atoms with van der Waals surface area (Å²) in [5.41, 5.74) is 0.975. The molecule has 0 N–H and O–H groups in total. The van der Waals surface area contributed by atoms with Gasteiger partial charge in [0.2, 0.25) is 5.78 Å². The van der Waals surface area contributed by atoms with E-state index in [4.69, 9.17) is 0 Å². The van der Waals surface area contributed by atoms with Crippen molar-refractivity contribution >= 4 is 17.1 Å². The molecule has 0 saturated heterocycles. The maximum Gasteiger partial charge on any atom is 0.343 e. The number of rotatable bonds is 3. The van der Waals surface area contributed by atoms with Crippen LogP contribution < -0.4 is 0 Å². The van der Waals surface area contributed by atoms with Gasteiger partial charge in [-0.25, -0.2) is 0 Å². The maximum absolute atomic E-state index is 14.1. The molecular formula is C16H16F2OS. The maximum atomic E-state index is 14.1. The summed E-state index contributed by atoms with van der Waals surface area (Å²) in [5.74, 6) is -4.61. The van der Waals surface area contributed by atoms with Crippen molar-refractivity contribution in [3.8, 4) is 0 Å². The van der Waals surface area contributed by atoms with Crippen LogP contribution in [0.5, 0.6) is 0 Å². The molecule has 2 aromatic rings. The number of hydrogen-bond acceptors (Lipinski definition) is 2. The van der Waals surface area contributed by atoms with Crippen LogP contribution in [0.25, 0.3) is 0 Å². The number of benzene rings is 1. The zero-order valence-corrected chi connectivity index (χ0v) is 12.4. The van der Waals surface area contributed by atoms with Gasteiger partial charge in [0.05, 0.1) is 4.88 Å². The standard InChI is InChI=1S/C16H16F2OS/c1-15(2,3)12-8-6-11(7-9-12)14(19)16(17,18)13-5-4-10-20-13/h4-10H,1-3H3. The topological polar surface area (TPSA) is 17.1 Å². The van der Waals surface area contributed by atoms with Crippen molar-refractivity contribution in [3.63, 3.8) is 0 Å². The highest BCUT2D eigenvalue weighted by atomic mass is 32.1. The van der Waals surface area contributed by atoms with E-state index in [2.05, 4.69) is 0 Å². The van der Waals surface area contributed by atoms with Gasteiger partial charge < -0.3 is 0 Å². The molecule has 0 unspecified atom stereocenters. The van der Waals surface area contributed by atoms with Gasteiger partial charge in [0.15, 0.2) is 0 Å². The van der Waals surface area contributed by atoms with E-state index in [1.807, 2.05) is 20.8 Å². The molecule has 0 saturated carbocycles. The van der Waals surface area contributed by atoms with E-state index < -0.39 is 11.7 Å². The fraction of sp³-hybridized carbons (Fsp3) is 0.312. The van der Waals surface area contributed by atoms with E-state index in [9.17, 15) is 13.6 Å². The molecule has 0 spiro atoms. The van der Waals surface area contributed by atoms with Crippen molar-refractivity contribution in [2.24, 2.45) is 0 Å². The third-order valence-electron chi connectivity index (χ3n) is 3.13. The normalized spacial score (nSPS) is 12.4. The first-order valence-electron chi connectivity index (χ1n) is 6.30. The largest absolute Gasteiger partial charge is 0.343 e. The van der Waals surface area contributed by atoms with E-state index in [1.54, 1.807) is 17.5 Å². The molecule has 0 atom stereocenters. The number of ketones is 1. The van der Waals surface area contributed by atoms with Gasteiger partial charge in [-0.3, -0.25) is 4.79 Å². The Labute approximate surface area is 121 Å². The summed E-state index contributed by atoms with van der Waals surface area (Å²) in [5, 5.41) is 1.54. The van der Waals surface area contributed by atoms with Crippen molar-refractivity contribution in [2.45, 2.75) is 32.1 Å². The van der Waals surface area contributed by atoms with Crippen LogP contribution in [0.2, 0.25) is 0 Å². The van der Waals surface area contributed by atoms with E-state index in [0.717, 1.165) is 16.9 Å². The first kappa shape index (κ1) is 14.9. The third-order valence-corrected chi connectivity index (χ3v) is 4.07. The lowest BCUT2D eigenvalue weighted by atomic mass is 9.86. The van der Waals surface area contributed by atoms with Crippen LogP contribution in [-0.4, -0.2) is 5.78 Å². The molecule has 0 aliphatic carbocycles. The Balaban J connectivity index is 2.30. The Kier molecular flexibility index (Phi) is 3.78. The number of alkyl halides is 2. The summed E-state index contributed by atoms with van der Waals surface area (Å²) in [6, 6.07) is 9.22. The lowest BCUT2D eigenvalue weighted by molar-refractivity contribution is 0.00976. The number of carbonyl (C=O) groups is 1. The average molecular weight is 294 g/mol. The second-order valence-electron chi connectivity index (χ2n) is 5.71. The molecule has 1 aromatic carbocycles. The van der Waals surface area contributed by atoms with E-state index in [0.29, 0.717) is 0 Å². The van der Waals surface area contributed by atoms with Gasteiger partial charge in [-0.15, -0.1) is 11.3 Å². The SMILES string of the molecule is CC(C)(C)c1ccc(C(=O)C(F)(F)c2cccs2)cc1. The van der Waals surface area contributed by atoms with Crippen LogP contribution in [-0.2, 0) is 11.3 Å². The van der Waals surface area contributed by atoms with E-state index in [-0.39, 0.29) is 15.9 Å². The Hall–Kier alpha value is -1.55. The van der Waals surface area contributed by atoms with Gasteiger partial charge in [0, 0.05) is 5.56 Å². The Morgan fingerprint density at radius 2 is 1.65 bits per heavy atom. The molecule has 0 radical (unpaired) electrons. The smallest absolute Gasteiger partial charge is 0.287 e. The molecule has 2 rings (SSSR count). The van der Waals surface area contributed by atoms with Crippen LogP contribution in [0, 0.1) is 0 Å². The molecule has 106 valence electrons. The van der Waals surface area contributed by atoms with Crippen LogP contribution in [0.15, 0.2) is 41.8 Å². The van der Waals surface area contributed by atoms with Crippen LogP contribution in [0.4, 0.5) is 8.78 Å². The van der Waals surface area contributed by atoms with Crippen molar-refractivity contribution in [1.29, 1.82) is 0 Å². The molecule has 0 fully saturated rings. The monoisotopic (exact) mass is 294 g/mol. The summed E-state index contributed by atoms with van der Waals surface area (Å²) in [6.07, 6.45) is 0. The van der Waals surface area contributed by atoms with Gasteiger partial charge in [-0.05, 0) is 22.4 Å². The molecule has 0 aliphatic heterocycles. The van der Waals surface area contributed by atoms with Crippen LogP contribution in [0.3, 0.4) is 0 Å². The molecule has 20 heavy (non-hydrogen) atoms. The molecule has 0 bridgehead atoms. The first-order chi connectivity index (χ1) is 9.23. The minimum Gasteiger partial charge on any atom is -0.287 e. The van der Waals surface area contributed by atoms with Crippen LogP contribution in [0.1, 0.15) is 41.6 Å². The summed E-state index contributed by atoms with van der Waals surface area (Å²) in [7, 11) is 0. The summed E-state index contributed by atoms with van der Waals surface area (Å²) in [4.78, 5) is 11.8. The van der Waals surface area contributed by atoms with Crippen molar-refractivity contribution in [3.05, 3.63) is 57.8 Å². The van der Waals surface area contributed by atoms with Crippen molar-refractivity contribution in [2.75, 3.05) is 0 Å². The van der Waals surface area contributed by atoms with Gasteiger partial charge in [-0.1, -0.05) is 51.1 Å². The van der Waals surface area contributed by atoms with Gasteiger partial charge in [0.25, 0.3) is 0 Å². The molecule has 0 aliphatic rings. The summed E-state index contributed by atoms with van der Waals surface area (Å²) < 4.78 is 28.1. The van der Waals surface area contributed by atoms with Gasteiger partial charge in [-0.2, -0.15) is 8.78 Å². The molecule has 1 nitrogen and oxygen atoms in total. The number of thiophene rings is 1. The summed E-state index contributed by atoms with van der Waals surface area (Å²) in [6.45, 7) is 6.10. The molecule has 0 amide bonds. The Morgan fingerprint density at radius 1 is 1.05 bits per heavy atom. The number of halogens is 2. The predicted molar refractivity (Wildman–Crippen MR) is 77.7 cm³/mol. The van der Waals surface area contributed by atoms with Crippen LogP contribution >= 0.6 is 11.3 Å². The second-order valence-corrected chi connectivity index (χ2v) is 6.66. The van der Waals surface area contributed by atoms with E-state index in [1.165, 1.54) is 24.3 Å². The molecular weight excluding hydrogens is 278 g/mol.